The number of oxazole rings is 1. The molecule has 0 spiro atoms. The average molecular weight is 319 g/mol. The van der Waals surface area contributed by atoms with Crippen molar-refractivity contribution in [2.45, 2.75) is 53.1 Å². The van der Waals surface area contributed by atoms with Crippen molar-refractivity contribution >= 4 is 6.03 Å². The lowest BCUT2D eigenvalue weighted by atomic mass is 9.94. The summed E-state index contributed by atoms with van der Waals surface area (Å²) in [5.74, 6) is 1.30. The van der Waals surface area contributed by atoms with E-state index in [9.17, 15) is 4.79 Å². The first-order valence-electron chi connectivity index (χ1n) is 7.64. The second-order valence-electron chi connectivity index (χ2n) is 6.68. The van der Waals surface area contributed by atoms with E-state index >= 15 is 0 Å². The average Bonchev–Trinajstić information content (AvgIpc) is 3.01. The Morgan fingerprint density at radius 1 is 1.26 bits per heavy atom. The summed E-state index contributed by atoms with van der Waals surface area (Å²) in [6.07, 6.45) is 1.71. The molecule has 0 aliphatic rings. The van der Waals surface area contributed by atoms with Crippen LogP contribution in [0.25, 0.3) is 0 Å². The molecule has 2 heterocycles. The molecule has 7 nitrogen and oxygen atoms in total. The Balaban J connectivity index is 1.85. The lowest BCUT2D eigenvalue weighted by molar-refractivity contribution is 0.238. The first-order valence-corrected chi connectivity index (χ1v) is 7.64. The molecule has 7 heteroatoms. The van der Waals surface area contributed by atoms with E-state index in [1.165, 1.54) is 0 Å². The molecule has 2 aromatic rings. The number of aromatic nitrogens is 3. The van der Waals surface area contributed by atoms with Gasteiger partial charge >= 0.3 is 6.03 Å². The molecule has 0 aromatic carbocycles. The van der Waals surface area contributed by atoms with E-state index in [0.29, 0.717) is 12.4 Å². The maximum atomic E-state index is 11.9. The van der Waals surface area contributed by atoms with Gasteiger partial charge in [-0.2, -0.15) is 5.10 Å². The van der Waals surface area contributed by atoms with Gasteiger partial charge in [0.05, 0.1) is 18.4 Å². The summed E-state index contributed by atoms with van der Waals surface area (Å²) in [4.78, 5) is 16.1. The lowest BCUT2D eigenvalue weighted by Crippen LogP contribution is -2.34. The molecule has 2 amide bonds. The monoisotopic (exact) mass is 319 g/mol. The predicted molar refractivity (Wildman–Crippen MR) is 87.0 cm³/mol. The Morgan fingerprint density at radius 2 is 1.91 bits per heavy atom. The smallest absolute Gasteiger partial charge is 0.315 e. The van der Waals surface area contributed by atoms with Crippen molar-refractivity contribution in [2.24, 2.45) is 7.05 Å². The number of nitrogens with one attached hydrogen (secondary N) is 2. The molecule has 126 valence electrons. The van der Waals surface area contributed by atoms with Gasteiger partial charge in [0.1, 0.15) is 5.76 Å². The highest BCUT2D eigenvalue weighted by molar-refractivity contribution is 5.73. The van der Waals surface area contributed by atoms with Crippen LogP contribution in [-0.4, -0.2) is 20.8 Å². The Hall–Kier alpha value is -2.31. The number of aryl methyl sites for hydroxylation is 2. The van der Waals surface area contributed by atoms with E-state index in [2.05, 4.69) is 41.5 Å². The fourth-order valence-corrected chi connectivity index (χ4v) is 2.20. The standard InChI is InChI=1S/C16H25N5O2/c1-10-12(11(2)21(6)20-10)7-18-15(22)19-9-14-17-8-13(23-14)16(3,4)5/h8H,7,9H2,1-6H3,(H2,18,19,22). The minimum atomic E-state index is -0.261. The number of nitrogens with zero attached hydrogens (tertiary/aromatic N) is 3. The van der Waals surface area contributed by atoms with Gasteiger partial charge in [0.15, 0.2) is 0 Å². The number of amides is 2. The fourth-order valence-electron chi connectivity index (χ4n) is 2.20. The molecule has 0 fully saturated rings. The topological polar surface area (TPSA) is 85.0 Å². The second kappa shape index (κ2) is 6.44. The summed E-state index contributed by atoms with van der Waals surface area (Å²) in [5.41, 5.74) is 2.91. The first kappa shape index (κ1) is 17.1. The van der Waals surface area contributed by atoms with Crippen LogP contribution in [0.2, 0.25) is 0 Å². The largest absolute Gasteiger partial charge is 0.443 e. The molecular weight excluding hydrogens is 294 g/mol. The maximum absolute atomic E-state index is 11.9. The third-order valence-electron chi connectivity index (χ3n) is 3.78. The van der Waals surface area contributed by atoms with Crippen LogP contribution < -0.4 is 10.6 Å². The molecule has 23 heavy (non-hydrogen) atoms. The Labute approximate surface area is 136 Å². The summed E-state index contributed by atoms with van der Waals surface area (Å²) in [7, 11) is 1.89. The number of urea groups is 1. The van der Waals surface area contributed by atoms with E-state index in [0.717, 1.165) is 22.7 Å². The van der Waals surface area contributed by atoms with Crippen molar-refractivity contribution in [3.63, 3.8) is 0 Å². The molecule has 0 aliphatic carbocycles. The maximum Gasteiger partial charge on any atom is 0.315 e. The first-order chi connectivity index (χ1) is 10.7. The summed E-state index contributed by atoms with van der Waals surface area (Å²) in [6.45, 7) is 10.8. The van der Waals surface area contributed by atoms with Gasteiger partial charge in [-0.3, -0.25) is 4.68 Å². The van der Waals surface area contributed by atoms with Crippen molar-refractivity contribution in [1.29, 1.82) is 0 Å². The lowest BCUT2D eigenvalue weighted by Gasteiger charge is -2.13. The van der Waals surface area contributed by atoms with Crippen molar-refractivity contribution in [3.05, 3.63) is 34.8 Å². The Bertz CT molecular complexity index is 694. The van der Waals surface area contributed by atoms with Gasteiger partial charge in [0.25, 0.3) is 0 Å². The predicted octanol–water partition coefficient (Wildman–Crippen LogP) is 2.32. The minimum absolute atomic E-state index is 0.0944. The highest BCUT2D eigenvalue weighted by atomic mass is 16.4. The number of carbonyl (C=O) groups excluding carboxylic acids is 1. The van der Waals surface area contributed by atoms with Gasteiger partial charge in [-0.05, 0) is 13.8 Å². The number of hydrogen-bond acceptors (Lipinski definition) is 4. The fraction of sp³-hybridized carbons (Fsp3) is 0.562. The van der Waals surface area contributed by atoms with Gasteiger partial charge in [-0.15, -0.1) is 0 Å². The molecule has 0 unspecified atom stereocenters. The second-order valence-corrected chi connectivity index (χ2v) is 6.68. The summed E-state index contributed by atoms with van der Waals surface area (Å²) < 4.78 is 7.45. The quantitative estimate of drug-likeness (QED) is 0.905. The van der Waals surface area contributed by atoms with Gasteiger partial charge in [-0.25, -0.2) is 9.78 Å². The van der Waals surface area contributed by atoms with Crippen molar-refractivity contribution in [1.82, 2.24) is 25.4 Å². The minimum Gasteiger partial charge on any atom is -0.443 e. The zero-order valence-electron chi connectivity index (χ0n) is 14.6. The molecular formula is C16H25N5O2. The zero-order valence-corrected chi connectivity index (χ0v) is 14.6. The van der Waals surface area contributed by atoms with E-state index < -0.39 is 0 Å². The van der Waals surface area contributed by atoms with E-state index in [1.54, 1.807) is 6.20 Å². The molecule has 0 saturated carbocycles. The van der Waals surface area contributed by atoms with Crippen molar-refractivity contribution < 1.29 is 9.21 Å². The van der Waals surface area contributed by atoms with Gasteiger partial charge < -0.3 is 15.1 Å². The van der Waals surface area contributed by atoms with Crippen LogP contribution in [0, 0.1) is 13.8 Å². The van der Waals surface area contributed by atoms with Crippen molar-refractivity contribution in [3.8, 4) is 0 Å². The molecule has 2 aromatic heterocycles. The third kappa shape index (κ3) is 4.12. The van der Waals surface area contributed by atoms with E-state index in [-0.39, 0.29) is 18.0 Å². The highest BCUT2D eigenvalue weighted by Gasteiger charge is 2.19. The van der Waals surface area contributed by atoms with E-state index in [1.807, 2.05) is 25.6 Å². The Kier molecular flexibility index (Phi) is 4.77. The molecule has 2 rings (SSSR count). The van der Waals surface area contributed by atoms with E-state index in [4.69, 9.17) is 4.42 Å². The summed E-state index contributed by atoms with van der Waals surface area (Å²) >= 11 is 0. The third-order valence-corrected chi connectivity index (χ3v) is 3.78. The molecule has 0 radical (unpaired) electrons. The van der Waals surface area contributed by atoms with Crippen LogP contribution in [-0.2, 0) is 25.6 Å². The molecule has 0 saturated heterocycles. The van der Waals surface area contributed by atoms with Crippen LogP contribution >= 0.6 is 0 Å². The molecule has 0 bridgehead atoms. The molecule has 0 aliphatic heterocycles. The Morgan fingerprint density at radius 3 is 2.43 bits per heavy atom. The highest BCUT2D eigenvalue weighted by Crippen LogP contribution is 2.22. The van der Waals surface area contributed by atoms with Crippen LogP contribution in [0.4, 0.5) is 4.79 Å². The molecule has 0 atom stereocenters. The number of rotatable bonds is 4. The SMILES string of the molecule is Cc1nn(C)c(C)c1CNC(=O)NCc1ncc(C(C)(C)C)o1. The zero-order chi connectivity index (χ0) is 17.2. The summed E-state index contributed by atoms with van der Waals surface area (Å²) in [6, 6.07) is -0.261. The van der Waals surface area contributed by atoms with Crippen LogP contribution in [0.3, 0.4) is 0 Å². The van der Waals surface area contributed by atoms with Gasteiger partial charge in [0.2, 0.25) is 5.89 Å². The molecule has 2 N–H and O–H groups in total. The van der Waals surface area contributed by atoms with Crippen molar-refractivity contribution in [2.75, 3.05) is 0 Å². The normalized spacial score (nSPS) is 11.6. The number of hydrogen-bond donors (Lipinski definition) is 2. The van der Waals surface area contributed by atoms with Gasteiger partial charge in [-0.1, -0.05) is 20.8 Å². The van der Waals surface area contributed by atoms with Gasteiger partial charge in [0, 0.05) is 30.3 Å². The van der Waals surface area contributed by atoms with Crippen LogP contribution in [0.1, 0.15) is 49.4 Å². The van der Waals surface area contributed by atoms with Crippen LogP contribution in [0.15, 0.2) is 10.6 Å². The summed E-state index contributed by atoms with van der Waals surface area (Å²) in [5, 5.41) is 9.90. The number of carbonyl (C=O) groups is 1. The van der Waals surface area contributed by atoms with Crippen LogP contribution in [0.5, 0.6) is 0 Å².